The minimum atomic E-state index is -1.09. The van der Waals surface area contributed by atoms with Crippen LogP contribution in [-0.4, -0.2) is 29.1 Å². The van der Waals surface area contributed by atoms with Crippen LogP contribution in [0.15, 0.2) is 24.3 Å². The van der Waals surface area contributed by atoms with E-state index in [1.165, 1.54) is 18.2 Å². The van der Waals surface area contributed by atoms with Crippen LogP contribution in [0, 0.1) is 11.7 Å². The summed E-state index contributed by atoms with van der Waals surface area (Å²) in [6, 6.07) is 4.79. The van der Waals surface area contributed by atoms with Gasteiger partial charge in [-0.2, -0.15) is 0 Å². The second-order valence-electron chi connectivity index (χ2n) is 5.16. The van der Waals surface area contributed by atoms with Crippen molar-refractivity contribution in [3.63, 3.8) is 0 Å². The summed E-state index contributed by atoms with van der Waals surface area (Å²) in [5, 5.41) is 11.7. The van der Waals surface area contributed by atoms with Crippen molar-refractivity contribution in [2.45, 2.75) is 45.8 Å². The number of hydrogen-bond donors (Lipinski definition) is 2. The number of rotatable bonds is 8. The molecule has 0 radical (unpaired) electrons. The van der Waals surface area contributed by atoms with Gasteiger partial charge in [-0.1, -0.05) is 39.3 Å². The third-order valence-electron chi connectivity index (χ3n) is 3.55. The number of nitrogens with one attached hydrogen (secondary N) is 1. The average molecular weight is 311 g/mol. The zero-order valence-electron chi connectivity index (χ0n) is 13.0. The van der Waals surface area contributed by atoms with E-state index in [-0.39, 0.29) is 11.7 Å². The number of carboxylic acid groups (broad SMARTS) is 1. The maximum absolute atomic E-state index is 13.6. The highest BCUT2D eigenvalue weighted by Crippen LogP contribution is 2.18. The molecule has 2 N–H and O–H groups in total. The van der Waals surface area contributed by atoms with Gasteiger partial charge in [-0.3, -0.25) is 4.79 Å². The first-order chi connectivity index (χ1) is 10.4. The highest BCUT2D eigenvalue weighted by Gasteiger charge is 2.29. The number of carboxylic acids is 1. The standard InChI is InChI=1S/C16H22FNO4/c1-4-10(3)14(16(20)21)18-15(19)12(5-2)22-13-9-7-6-8-11(13)17/h6-10,12,14H,4-5H2,1-3H3,(H,18,19)(H,20,21). The number of carbonyl (C=O) groups is 2. The SMILES string of the molecule is CCC(Oc1ccccc1F)C(=O)NC(C(=O)O)C(C)CC. The van der Waals surface area contributed by atoms with E-state index < -0.39 is 29.8 Å². The topological polar surface area (TPSA) is 75.6 Å². The highest BCUT2D eigenvalue weighted by molar-refractivity contribution is 5.86. The first kappa shape index (κ1) is 17.9. The van der Waals surface area contributed by atoms with Gasteiger partial charge in [0.05, 0.1) is 0 Å². The van der Waals surface area contributed by atoms with Crippen molar-refractivity contribution in [2.75, 3.05) is 0 Å². The molecule has 6 heteroatoms. The first-order valence-corrected chi connectivity index (χ1v) is 7.35. The Morgan fingerprint density at radius 3 is 2.41 bits per heavy atom. The average Bonchev–Trinajstić information content (AvgIpc) is 2.50. The number of aliphatic carboxylic acids is 1. The number of ether oxygens (including phenoxy) is 1. The molecule has 5 nitrogen and oxygen atoms in total. The van der Waals surface area contributed by atoms with E-state index in [0.717, 1.165) is 0 Å². The molecule has 0 saturated carbocycles. The molecule has 0 spiro atoms. The van der Waals surface area contributed by atoms with Crippen molar-refractivity contribution in [3.05, 3.63) is 30.1 Å². The molecule has 0 heterocycles. The second-order valence-corrected chi connectivity index (χ2v) is 5.16. The second kappa shape index (κ2) is 8.36. The van der Waals surface area contributed by atoms with Gasteiger partial charge < -0.3 is 15.2 Å². The van der Waals surface area contributed by atoms with Crippen molar-refractivity contribution in [1.82, 2.24) is 5.32 Å². The van der Waals surface area contributed by atoms with E-state index >= 15 is 0 Å². The van der Waals surface area contributed by atoms with Crippen molar-refractivity contribution >= 4 is 11.9 Å². The number of benzene rings is 1. The third kappa shape index (κ3) is 4.72. The van der Waals surface area contributed by atoms with Gasteiger partial charge in [0.15, 0.2) is 17.7 Å². The van der Waals surface area contributed by atoms with E-state index in [1.54, 1.807) is 19.9 Å². The third-order valence-corrected chi connectivity index (χ3v) is 3.55. The molecule has 1 rings (SSSR count). The predicted octanol–water partition coefficient (Wildman–Crippen LogP) is 2.60. The monoisotopic (exact) mass is 311 g/mol. The predicted molar refractivity (Wildman–Crippen MR) is 80.1 cm³/mol. The number of amides is 1. The van der Waals surface area contributed by atoms with Crippen LogP contribution < -0.4 is 10.1 Å². The largest absolute Gasteiger partial charge is 0.480 e. The zero-order chi connectivity index (χ0) is 16.7. The lowest BCUT2D eigenvalue weighted by Crippen LogP contribution is -2.49. The summed E-state index contributed by atoms with van der Waals surface area (Å²) >= 11 is 0. The molecule has 1 aromatic rings. The van der Waals surface area contributed by atoms with Gasteiger partial charge >= 0.3 is 5.97 Å². The number of carbonyl (C=O) groups excluding carboxylic acids is 1. The van der Waals surface area contributed by atoms with E-state index in [9.17, 15) is 19.1 Å². The molecular weight excluding hydrogens is 289 g/mol. The molecule has 3 atom stereocenters. The smallest absolute Gasteiger partial charge is 0.326 e. The lowest BCUT2D eigenvalue weighted by atomic mass is 9.99. The summed E-state index contributed by atoms with van der Waals surface area (Å²) in [5.74, 6) is -2.46. The molecule has 0 fully saturated rings. The molecule has 0 aliphatic carbocycles. The zero-order valence-corrected chi connectivity index (χ0v) is 13.0. The summed E-state index contributed by atoms with van der Waals surface area (Å²) < 4.78 is 18.9. The minimum Gasteiger partial charge on any atom is -0.480 e. The maximum Gasteiger partial charge on any atom is 0.326 e. The molecule has 122 valence electrons. The van der Waals surface area contributed by atoms with E-state index in [1.807, 2.05) is 6.92 Å². The van der Waals surface area contributed by atoms with Crippen molar-refractivity contribution in [3.8, 4) is 5.75 Å². The van der Waals surface area contributed by atoms with Gasteiger partial charge in [0.2, 0.25) is 0 Å². The Kier molecular flexibility index (Phi) is 6.82. The molecule has 1 aromatic carbocycles. The Labute approximate surface area is 129 Å². The van der Waals surface area contributed by atoms with Crippen LogP contribution in [0.5, 0.6) is 5.75 Å². The summed E-state index contributed by atoms with van der Waals surface area (Å²) in [5.41, 5.74) is 0. The highest BCUT2D eigenvalue weighted by atomic mass is 19.1. The van der Waals surface area contributed by atoms with Crippen LogP contribution >= 0.6 is 0 Å². The van der Waals surface area contributed by atoms with Crippen LogP contribution in [0.1, 0.15) is 33.6 Å². The normalized spacial score (nSPS) is 14.7. The van der Waals surface area contributed by atoms with Gasteiger partial charge in [0.25, 0.3) is 5.91 Å². The first-order valence-electron chi connectivity index (χ1n) is 7.35. The number of halogens is 1. The van der Waals surface area contributed by atoms with Gasteiger partial charge in [0, 0.05) is 0 Å². The molecule has 0 aliphatic rings. The van der Waals surface area contributed by atoms with E-state index in [4.69, 9.17) is 4.74 Å². The number of hydrogen-bond acceptors (Lipinski definition) is 3. The lowest BCUT2D eigenvalue weighted by Gasteiger charge is -2.23. The minimum absolute atomic E-state index is 0.0279. The fraction of sp³-hybridized carbons (Fsp3) is 0.500. The van der Waals surface area contributed by atoms with Crippen molar-refractivity contribution in [1.29, 1.82) is 0 Å². The Morgan fingerprint density at radius 2 is 1.91 bits per heavy atom. The number of para-hydroxylation sites is 1. The van der Waals surface area contributed by atoms with Gasteiger partial charge in [-0.25, -0.2) is 9.18 Å². The van der Waals surface area contributed by atoms with Crippen LogP contribution in [0.25, 0.3) is 0 Å². The molecule has 0 aliphatic heterocycles. The van der Waals surface area contributed by atoms with Crippen LogP contribution in [-0.2, 0) is 9.59 Å². The molecular formula is C16H22FNO4. The summed E-state index contributed by atoms with van der Waals surface area (Å²) in [7, 11) is 0. The fourth-order valence-corrected chi connectivity index (χ4v) is 1.95. The van der Waals surface area contributed by atoms with Crippen LogP contribution in [0.2, 0.25) is 0 Å². The van der Waals surface area contributed by atoms with E-state index in [0.29, 0.717) is 12.8 Å². The summed E-state index contributed by atoms with van der Waals surface area (Å²) in [6.07, 6.45) is -0.0299. The molecule has 0 saturated heterocycles. The lowest BCUT2D eigenvalue weighted by molar-refractivity contribution is -0.144. The summed E-state index contributed by atoms with van der Waals surface area (Å²) in [4.78, 5) is 23.4. The Balaban J connectivity index is 2.79. The van der Waals surface area contributed by atoms with Crippen molar-refractivity contribution in [2.24, 2.45) is 5.92 Å². The molecule has 3 unspecified atom stereocenters. The molecule has 0 aromatic heterocycles. The Hall–Kier alpha value is -2.11. The van der Waals surface area contributed by atoms with Gasteiger partial charge in [0.1, 0.15) is 6.04 Å². The molecule has 1 amide bonds. The van der Waals surface area contributed by atoms with Gasteiger partial charge in [-0.05, 0) is 24.5 Å². The maximum atomic E-state index is 13.6. The van der Waals surface area contributed by atoms with Gasteiger partial charge in [-0.15, -0.1) is 0 Å². The quantitative estimate of drug-likeness (QED) is 0.774. The van der Waals surface area contributed by atoms with Crippen molar-refractivity contribution < 1.29 is 23.8 Å². The Morgan fingerprint density at radius 1 is 1.27 bits per heavy atom. The molecule has 0 bridgehead atoms. The Bertz CT molecular complexity index is 521. The fourth-order valence-electron chi connectivity index (χ4n) is 1.95. The van der Waals surface area contributed by atoms with Crippen LogP contribution in [0.4, 0.5) is 4.39 Å². The summed E-state index contributed by atoms with van der Waals surface area (Å²) in [6.45, 7) is 5.31. The van der Waals surface area contributed by atoms with Crippen LogP contribution in [0.3, 0.4) is 0 Å². The molecule has 22 heavy (non-hydrogen) atoms. The van der Waals surface area contributed by atoms with E-state index in [2.05, 4.69) is 5.32 Å².